The summed E-state index contributed by atoms with van der Waals surface area (Å²) >= 11 is 0. The van der Waals surface area contributed by atoms with Gasteiger partial charge in [0.15, 0.2) is 0 Å². The van der Waals surface area contributed by atoms with Crippen molar-refractivity contribution in [2.75, 3.05) is 26.8 Å². The van der Waals surface area contributed by atoms with Crippen molar-refractivity contribution in [3.8, 4) is 28.6 Å². The molecule has 0 spiro atoms. The van der Waals surface area contributed by atoms with Crippen molar-refractivity contribution < 1.29 is 19.3 Å². The number of aromatic nitrogens is 2. The molecule has 7 heteroatoms. The van der Waals surface area contributed by atoms with Gasteiger partial charge in [0.1, 0.15) is 17.2 Å². The fraction of sp³-hybridized carbons (Fsp3) is 0.483. The largest absolute Gasteiger partial charge is 0.497 e. The van der Waals surface area contributed by atoms with Gasteiger partial charge in [0.25, 0.3) is 0 Å². The Morgan fingerprint density at radius 2 is 1.61 bits per heavy atom. The second-order valence-corrected chi connectivity index (χ2v) is 10.6. The van der Waals surface area contributed by atoms with Crippen LogP contribution in [0.1, 0.15) is 40.2 Å². The number of hydrogen-bond acceptors (Lipinski definition) is 6. The molecule has 1 atom stereocenters. The zero-order chi connectivity index (χ0) is 26.3. The predicted molar refractivity (Wildman–Crippen MR) is 144 cm³/mol. The molecule has 0 saturated carbocycles. The van der Waals surface area contributed by atoms with Crippen molar-refractivity contribution in [1.82, 2.24) is 14.7 Å². The number of benzene rings is 2. The van der Waals surface area contributed by atoms with E-state index in [9.17, 15) is 5.11 Å². The molecule has 0 fully saturated rings. The molecule has 1 aromatic heterocycles. The van der Waals surface area contributed by atoms with Crippen LogP contribution in [0.25, 0.3) is 11.3 Å². The number of ether oxygens (including phenoxy) is 3. The van der Waals surface area contributed by atoms with Gasteiger partial charge in [-0.15, -0.1) is 0 Å². The van der Waals surface area contributed by atoms with Crippen LogP contribution in [-0.2, 0) is 18.3 Å². The molecule has 196 valence electrons. The Labute approximate surface area is 215 Å². The SMILES string of the molecule is COc1ccc(Oc2c(CN(CC(C)C)C[C@H](O)COC(C)(C)C)c(-c3ccccc3)nn2C)cc1. The van der Waals surface area contributed by atoms with Gasteiger partial charge >= 0.3 is 0 Å². The molecule has 0 amide bonds. The number of aliphatic hydroxyl groups is 1. The van der Waals surface area contributed by atoms with E-state index in [-0.39, 0.29) is 12.2 Å². The first-order valence-corrected chi connectivity index (χ1v) is 12.5. The Morgan fingerprint density at radius 1 is 0.972 bits per heavy atom. The van der Waals surface area contributed by atoms with E-state index in [4.69, 9.17) is 19.3 Å². The lowest BCUT2D eigenvalue weighted by atomic mass is 10.1. The summed E-state index contributed by atoms with van der Waals surface area (Å²) in [5.41, 5.74) is 2.57. The molecule has 36 heavy (non-hydrogen) atoms. The summed E-state index contributed by atoms with van der Waals surface area (Å²) in [5, 5.41) is 15.6. The third kappa shape index (κ3) is 8.08. The van der Waals surface area contributed by atoms with Crippen molar-refractivity contribution in [3.05, 3.63) is 60.2 Å². The van der Waals surface area contributed by atoms with Gasteiger partial charge in [0.2, 0.25) is 5.88 Å². The average Bonchev–Trinajstić information content (AvgIpc) is 3.12. The van der Waals surface area contributed by atoms with Crippen LogP contribution in [0.5, 0.6) is 17.4 Å². The van der Waals surface area contributed by atoms with Gasteiger partial charge in [0, 0.05) is 32.2 Å². The topological polar surface area (TPSA) is 69.0 Å². The summed E-state index contributed by atoms with van der Waals surface area (Å²) in [4.78, 5) is 2.26. The summed E-state index contributed by atoms with van der Waals surface area (Å²) in [5.74, 6) is 2.57. The predicted octanol–water partition coefficient (Wildman–Crippen LogP) is 5.52. The summed E-state index contributed by atoms with van der Waals surface area (Å²) in [7, 11) is 3.54. The monoisotopic (exact) mass is 495 g/mol. The number of aryl methyl sites for hydroxylation is 1. The van der Waals surface area contributed by atoms with Gasteiger partial charge in [-0.25, -0.2) is 4.68 Å². The number of methoxy groups -OCH3 is 1. The number of nitrogens with zero attached hydrogens (tertiary/aromatic N) is 3. The highest BCUT2D eigenvalue weighted by Crippen LogP contribution is 2.34. The second kappa shape index (κ2) is 12.4. The molecule has 0 aliphatic rings. The Hall–Kier alpha value is -2.87. The smallest absolute Gasteiger partial charge is 0.222 e. The summed E-state index contributed by atoms with van der Waals surface area (Å²) < 4.78 is 19.3. The van der Waals surface area contributed by atoms with E-state index in [0.29, 0.717) is 30.6 Å². The highest BCUT2D eigenvalue weighted by atomic mass is 16.5. The minimum Gasteiger partial charge on any atom is -0.497 e. The third-order valence-electron chi connectivity index (χ3n) is 5.59. The van der Waals surface area contributed by atoms with E-state index < -0.39 is 6.10 Å². The number of hydrogen-bond donors (Lipinski definition) is 1. The Morgan fingerprint density at radius 3 is 2.19 bits per heavy atom. The van der Waals surface area contributed by atoms with Crippen LogP contribution in [0.15, 0.2) is 54.6 Å². The first-order valence-electron chi connectivity index (χ1n) is 12.5. The molecule has 1 heterocycles. The highest BCUT2D eigenvalue weighted by Gasteiger charge is 2.24. The third-order valence-corrected chi connectivity index (χ3v) is 5.59. The molecular formula is C29H41N3O4. The molecule has 0 aliphatic carbocycles. The van der Waals surface area contributed by atoms with Crippen LogP contribution < -0.4 is 9.47 Å². The minimum absolute atomic E-state index is 0.284. The van der Waals surface area contributed by atoms with Gasteiger partial charge in [0.05, 0.1) is 31.0 Å². The van der Waals surface area contributed by atoms with Crippen LogP contribution in [0, 0.1) is 5.92 Å². The number of aliphatic hydroxyl groups excluding tert-OH is 1. The second-order valence-electron chi connectivity index (χ2n) is 10.6. The summed E-state index contributed by atoms with van der Waals surface area (Å²) in [6.07, 6.45) is -0.606. The minimum atomic E-state index is -0.606. The highest BCUT2D eigenvalue weighted by molar-refractivity contribution is 5.65. The molecule has 0 bridgehead atoms. The molecular weight excluding hydrogens is 454 g/mol. The van der Waals surface area contributed by atoms with E-state index in [2.05, 4.69) is 30.9 Å². The molecule has 2 aromatic carbocycles. The fourth-order valence-electron chi connectivity index (χ4n) is 4.05. The van der Waals surface area contributed by atoms with E-state index in [1.54, 1.807) is 11.8 Å². The maximum absolute atomic E-state index is 10.8. The van der Waals surface area contributed by atoms with Crippen LogP contribution in [0.3, 0.4) is 0 Å². The molecule has 3 aromatic rings. The Kier molecular flexibility index (Phi) is 9.54. The Balaban J connectivity index is 1.94. The zero-order valence-electron chi connectivity index (χ0n) is 22.7. The van der Waals surface area contributed by atoms with Gasteiger partial charge in [-0.3, -0.25) is 4.90 Å². The normalized spacial score (nSPS) is 12.8. The van der Waals surface area contributed by atoms with Crippen molar-refractivity contribution in [2.24, 2.45) is 13.0 Å². The zero-order valence-corrected chi connectivity index (χ0v) is 22.7. The lowest BCUT2D eigenvalue weighted by molar-refractivity contribution is -0.0573. The maximum atomic E-state index is 10.8. The lowest BCUT2D eigenvalue weighted by Gasteiger charge is -2.28. The van der Waals surface area contributed by atoms with Gasteiger partial charge in [-0.05, 0) is 51.0 Å². The first kappa shape index (κ1) is 27.7. The van der Waals surface area contributed by atoms with E-state index in [1.165, 1.54) is 0 Å². The van der Waals surface area contributed by atoms with Crippen LogP contribution in [-0.4, -0.2) is 58.3 Å². The average molecular weight is 496 g/mol. The fourth-order valence-corrected chi connectivity index (χ4v) is 4.05. The Bertz CT molecular complexity index is 1070. The van der Waals surface area contributed by atoms with E-state index in [1.807, 2.05) is 70.3 Å². The van der Waals surface area contributed by atoms with Crippen molar-refractivity contribution >= 4 is 0 Å². The maximum Gasteiger partial charge on any atom is 0.222 e. The summed E-state index contributed by atoms with van der Waals surface area (Å²) in [6.45, 7) is 12.5. The summed E-state index contributed by atoms with van der Waals surface area (Å²) in [6, 6.07) is 17.7. The first-order chi connectivity index (χ1) is 17.1. The quantitative estimate of drug-likeness (QED) is 0.357. The molecule has 7 nitrogen and oxygen atoms in total. The molecule has 0 unspecified atom stereocenters. The van der Waals surface area contributed by atoms with Crippen LogP contribution in [0.2, 0.25) is 0 Å². The van der Waals surface area contributed by atoms with Gasteiger partial charge < -0.3 is 19.3 Å². The van der Waals surface area contributed by atoms with Crippen LogP contribution >= 0.6 is 0 Å². The van der Waals surface area contributed by atoms with Crippen molar-refractivity contribution in [1.29, 1.82) is 0 Å². The van der Waals surface area contributed by atoms with E-state index >= 15 is 0 Å². The van der Waals surface area contributed by atoms with Crippen LogP contribution in [0.4, 0.5) is 0 Å². The number of rotatable bonds is 12. The molecule has 0 radical (unpaired) electrons. The lowest BCUT2D eigenvalue weighted by Crippen LogP contribution is -2.38. The van der Waals surface area contributed by atoms with Crippen molar-refractivity contribution in [2.45, 2.75) is 52.9 Å². The molecule has 3 rings (SSSR count). The van der Waals surface area contributed by atoms with Gasteiger partial charge in [-0.1, -0.05) is 44.2 Å². The standard InChI is InChI=1S/C29H41N3O4/c1-21(2)17-32(18-23(33)20-35-29(3,4)5)19-26-27(22-11-9-8-10-12-22)30-31(6)28(26)36-25-15-13-24(34-7)14-16-25/h8-16,21,23,33H,17-20H2,1-7H3/t23-/m0/s1. The molecule has 1 N–H and O–H groups in total. The molecule has 0 saturated heterocycles. The molecule has 0 aliphatic heterocycles. The van der Waals surface area contributed by atoms with Gasteiger partial charge in [-0.2, -0.15) is 5.10 Å². The van der Waals surface area contributed by atoms with E-state index in [0.717, 1.165) is 29.1 Å². The van der Waals surface area contributed by atoms with Crippen molar-refractivity contribution in [3.63, 3.8) is 0 Å².